The predicted octanol–water partition coefficient (Wildman–Crippen LogP) is 3.88. The molecule has 136 valence electrons. The van der Waals surface area contributed by atoms with E-state index < -0.39 is 29.5 Å². The number of esters is 1. The minimum Gasteiger partial charge on any atom is -0.507 e. The smallest absolute Gasteiger partial charge is 0.339 e. The van der Waals surface area contributed by atoms with Crippen LogP contribution in [-0.2, 0) is 4.74 Å². The molecule has 1 aromatic heterocycles. The molecule has 1 heterocycles. The van der Waals surface area contributed by atoms with Gasteiger partial charge in [0.15, 0.2) is 17.7 Å². The highest BCUT2D eigenvalue weighted by molar-refractivity contribution is 5.90. The van der Waals surface area contributed by atoms with Crippen LogP contribution < -0.4 is 0 Å². The van der Waals surface area contributed by atoms with Gasteiger partial charge in [-0.15, -0.1) is 0 Å². The van der Waals surface area contributed by atoms with Crippen LogP contribution in [0.2, 0.25) is 0 Å². The third kappa shape index (κ3) is 3.77. The average molecular weight is 369 g/mol. The van der Waals surface area contributed by atoms with E-state index in [2.05, 4.69) is 9.97 Å². The first kappa shape index (κ1) is 18.1. The molecule has 0 spiro atoms. The minimum atomic E-state index is -1.24. The number of hydrogen-bond donors (Lipinski definition) is 2. The third-order valence-corrected chi connectivity index (χ3v) is 3.76. The molecule has 27 heavy (non-hydrogen) atoms. The number of nitrogens with one attached hydrogen (secondary N) is 1. The molecular weight excluding hydrogens is 356 g/mol. The number of aromatic nitrogens is 2. The lowest BCUT2D eigenvalue weighted by Gasteiger charge is -2.13. The molecule has 0 radical (unpaired) electrons. The number of rotatable bonds is 4. The Labute approximate surface area is 152 Å². The van der Waals surface area contributed by atoms with Gasteiger partial charge in [-0.2, -0.15) is 5.26 Å². The summed E-state index contributed by atoms with van der Waals surface area (Å²) in [6, 6.07) is 11.1. The Morgan fingerprint density at radius 2 is 1.93 bits per heavy atom. The number of aromatic amines is 1. The average Bonchev–Trinajstić information content (AvgIpc) is 3.04. The molecule has 2 aromatic carbocycles. The maximum Gasteiger partial charge on any atom is 0.339 e. The van der Waals surface area contributed by atoms with Crippen LogP contribution >= 0.6 is 0 Å². The molecule has 2 N–H and O–H groups in total. The van der Waals surface area contributed by atoms with Crippen LogP contribution in [0.4, 0.5) is 8.78 Å². The summed E-state index contributed by atoms with van der Waals surface area (Å²) in [6.45, 7) is 1.32. The topological polar surface area (TPSA) is 99.0 Å². The number of nitrogens with zero attached hydrogens (tertiary/aromatic N) is 2. The van der Waals surface area contributed by atoms with Crippen LogP contribution in [0.25, 0.3) is 16.6 Å². The van der Waals surface area contributed by atoms with Crippen LogP contribution in [0.3, 0.4) is 0 Å². The van der Waals surface area contributed by atoms with Gasteiger partial charge in [-0.1, -0.05) is 12.1 Å². The molecule has 8 heteroatoms. The first-order valence-corrected chi connectivity index (χ1v) is 7.84. The number of imidazole rings is 1. The van der Waals surface area contributed by atoms with Crippen molar-refractivity contribution in [2.24, 2.45) is 0 Å². The highest BCUT2D eigenvalue weighted by Crippen LogP contribution is 2.22. The van der Waals surface area contributed by atoms with E-state index in [9.17, 15) is 23.9 Å². The fraction of sp³-hybridized carbons (Fsp3) is 0.105. The van der Waals surface area contributed by atoms with Gasteiger partial charge in [-0.25, -0.2) is 18.6 Å². The Morgan fingerprint density at radius 3 is 2.56 bits per heavy atom. The molecule has 1 atom stereocenters. The molecule has 6 nitrogen and oxygen atoms in total. The fourth-order valence-corrected chi connectivity index (χ4v) is 2.46. The zero-order valence-corrected chi connectivity index (χ0v) is 14.0. The van der Waals surface area contributed by atoms with Gasteiger partial charge in [0, 0.05) is 6.07 Å². The monoisotopic (exact) mass is 369 g/mol. The van der Waals surface area contributed by atoms with Gasteiger partial charge >= 0.3 is 5.97 Å². The lowest BCUT2D eigenvalue weighted by atomic mass is 10.1. The Kier molecular flexibility index (Phi) is 4.86. The molecule has 3 aromatic rings. The number of fused-ring (bicyclic) bond motifs is 1. The number of aliphatic hydroxyl groups is 1. The van der Waals surface area contributed by atoms with Gasteiger partial charge in [0.05, 0.1) is 16.6 Å². The zero-order valence-electron chi connectivity index (χ0n) is 14.0. The maximum absolute atomic E-state index is 13.2. The molecule has 0 aliphatic rings. The Balaban J connectivity index is 1.88. The summed E-state index contributed by atoms with van der Waals surface area (Å²) in [4.78, 5) is 19.2. The Hall–Kier alpha value is -3.73. The van der Waals surface area contributed by atoms with Crippen molar-refractivity contribution in [2.75, 3.05) is 0 Å². The third-order valence-electron chi connectivity index (χ3n) is 3.76. The second kappa shape index (κ2) is 7.25. The van der Waals surface area contributed by atoms with E-state index >= 15 is 0 Å². The number of carbonyl (C=O) groups excluding carboxylic acids is 1. The van der Waals surface area contributed by atoms with E-state index in [4.69, 9.17) is 4.74 Å². The Bertz CT molecular complexity index is 1050. The summed E-state index contributed by atoms with van der Waals surface area (Å²) in [5.41, 5.74) is 0.687. The summed E-state index contributed by atoms with van der Waals surface area (Å²) in [5, 5.41) is 19.7. The SMILES string of the molecule is C[C@@H](OC(=O)c1cc(F)cc(F)c1)/C(O)=C(\C#N)c1nc2ccccc2[nH]1. The number of benzene rings is 2. The van der Waals surface area contributed by atoms with Crippen molar-refractivity contribution in [3.8, 4) is 6.07 Å². The van der Waals surface area contributed by atoms with Crippen molar-refractivity contribution >= 4 is 22.6 Å². The van der Waals surface area contributed by atoms with Crippen LogP contribution in [0.1, 0.15) is 23.1 Å². The molecular formula is C19H13F2N3O3. The molecule has 0 saturated heterocycles. The number of H-pyrrole nitrogens is 1. The molecule has 0 unspecified atom stereocenters. The predicted molar refractivity (Wildman–Crippen MR) is 92.5 cm³/mol. The summed E-state index contributed by atoms with van der Waals surface area (Å²) < 4.78 is 31.5. The molecule has 0 aliphatic heterocycles. The number of ether oxygens (including phenoxy) is 1. The minimum absolute atomic E-state index is 0.107. The number of allylic oxidation sites excluding steroid dienone is 1. The maximum atomic E-state index is 13.2. The van der Waals surface area contributed by atoms with Crippen molar-refractivity contribution in [1.82, 2.24) is 9.97 Å². The van der Waals surface area contributed by atoms with E-state index in [0.717, 1.165) is 12.1 Å². The first-order valence-electron chi connectivity index (χ1n) is 7.84. The van der Waals surface area contributed by atoms with Gasteiger partial charge in [0.25, 0.3) is 0 Å². The van der Waals surface area contributed by atoms with Crippen LogP contribution in [0.15, 0.2) is 48.2 Å². The number of nitriles is 1. The lowest BCUT2D eigenvalue weighted by molar-refractivity contribution is 0.0333. The van der Waals surface area contributed by atoms with Gasteiger partial charge < -0.3 is 14.8 Å². The van der Waals surface area contributed by atoms with Gasteiger partial charge in [-0.05, 0) is 31.2 Å². The fourth-order valence-electron chi connectivity index (χ4n) is 2.46. The molecule has 0 amide bonds. The summed E-state index contributed by atoms with van der Waals surface area (Å²) >= 11 is 0. The van der Waals surface area contributed by atoms with E-state index in [1.165, 1.54) is 6.92 Å². The van der Waals surface area contributed by atoms with Crippen molar-refractivity contribution in [3.63, 3.8) is 0 Å². The van der Waals surface area contributed by atoms with Crippen molar-refractivity contribution in [2.45, 2.75) is 13.0 Å². The van der Waals surface area contributed by atoms with Gasteiger partial charge in [-0.3, -0.25) is 0 Å². The van der Waals surface area contributed by atoms with E-state index in [1.54, 1.807) is 24.3 Å². The Morgan fingerprint density at radius 1 is 1.26 bits per heavy atom. The van der Waals surface area contributed by atoms with E-state index in [0.29, 0.717) is 17.1 Å². The number of aliphatic hydroxyl groups excluding tert-OH is 1. The number of carbonyl (C=O) groups is 1. The van der Waals surface area contributed by atoms with Crippen molar-refractivity contribution in [3.05, 3.63) is 71.2 Å². The van der Waals surface area contributed by atoms with E-state index in [1.807, 2.05) is 6.07 Å². The van der Waals surface area contributed by atoms with Crippen LogP contribution in [0, 0.1) is 23.0 Å². The molecule has 3 rings (SSSR count). The quantitative estimate of drug-likeness (QED) is 0.413. The van der Waals surface area contributed by atoms with E-state index in [-0.39, 0.29) is 17.0 Å². The lowest BCUT2D eigenvalue weighted by Crippen LogP contribution is -2.19. The highest BCUT2D eigenvalue weighted by Gasteiger charge is 2.22. The molecule has 0 bridgehead atoms. The molecule has 0 saturated carbocycles. The number of halogens is 2. The van der Waals surface area contributed by atoms with Gasteiger partial charge in [0.1, 0.15) is 23.3 Å². The normalized spacial score (nSPS) is 13.0. The van der Waals surface area contributed by atoms with Crippen molar-refractivity contribution < 1.29 is 23.4 Å². The van der Waals surface area contributed by atoms with Crippen molar-refractivity contribution in [1.29, 1.82) is 5.26 Å². The number of hydrogen-bond acceptors (Lipinski definition) is 5. The second-order valence-corrected chi connectivity index (χ2v) is 5.68. The molecule has 0 aliphatic carbocycles. The summed E-state index contributed by atoms with van der Waals surface area (Å²) in [6.07, 6.45) is -1.24. The van der Waals surface area contributed by atoms with Crippen LogP contribution in [0.5, 0.6) is 0 Å². The summed E-state index contributed by atoms with van der Waals surface area (Å²) in [5.74, 6) is -3.35. The summed E-state index contributed by atoms with van der Waals surface area (Å²) in [7, 11) is 0. The second-order valence-electron chi connectivity index (χ2n) is 5.68. The first-order chi connectivity index (χ1) is 12.9. The number of para-hydroxylation sites is 2. The highest BCUT2D eigenvalue weighted by atomic mass is 19.1. The standard InChI is InChI=1S/C19H13F2N3O3/c1-10(27-19(26)11-6-12(20)8-13(21)7-11)17(25)14(9-22)18-23-15-4-2-3-5-16(15)24-18/h2-8,10,25H,1H3,(H,23,24)/b17-14-/t10-/m1/s1. The zero-order chi connectivity index (χ0) is 19.6. The van der Waals surface area contributed by atoms with Crippen LogP contribution in [-0.4, -0.2) is 27.1 Å². The largest absolute Gasteiger partial charge is 0.507 e. The molecule has 0 fully saturated rings. The van der Waals surface area contributed by atoms with Gasteiger partial charge in [0.2, 0.25) is 0 Å².